The first kappa shape index (κ1) is 25.6. The third kappa shape index (κ3) is 6.29. The SMILES string of the molecule is C#CC(=O)NCCn1cc(-c2ccc3ncnc(Nc4ccc(OCc5cccc(F)c5)c(Cl)c4)c3c2)nn1. The van der Waals surface area contributed by atoms with Gasteiger partial charge in [0, 0.05) is 23.2 Å². The van der Waals surface area contributed by atoms with Gasteiger partial charge in [-0.3, -0.25) is 9.48 Å². The van der Waals surface area contributed by atoms with Crippen molar-refractivity contribution in [2.75, 3.05) is 11.9 Å². The predicted octanol–water partition coefficient (Wildman–Crippen LogP) is 4.75. The summed E-state index contributed by atoms with van der Waals surface area (Å²) in [5.41, 5.74) is 3.61. The molecule has 0 aliphatic heterocycles. The van der Waals surface area contributed by atoms with Gasteiger partial charge in [-0.15, -0.1) is 11.5 Å². The summed E-state index contributed by atoms with van der Waals surface area (Å²) in [6, 6.07) is 17.2. The Morgan fingerprint density at radius 2 is 2.03 bits per heavy atom. The molecule has 0 bridgehead atoms. The quantitative estimate of drug-likeness (QED) is 0.259. The zero-order valence-corrected chi connectivity index (χ0v) is 21.2. The van der Waals surface area contributed by atoms with E-state index in [1.54, 1.807) is 35.1 Å². The van der Waals surface area contributed by atoms with Gasteiger partial charge in [-0.25, -0.2) is 14.4 Å². The molecule has 0 radical (unpaired) electrons. The van der Waals surface area contributed by atoms with Crippen LogP contribution in [-0.4, -0.2) is 37.4 Å². The Kier molecular flexibility index (Phi) is 7.61. The third-order valence-electron chi connectivity index (χ3n) is 5.71. The van der Waals surface area contributed by atoms with Crippen molar-refractivity contribution in [1.29, 1.82) is 0 Å². The van der Waals surface area contributed by atoms with Gasteiger partial charge in [-0.05, 0) is 53.9 Å². The molecule has 39 heavy (non-hydrogen) atoms. The van der Waals surface area contributed by atoms with Crippen LogP contribution >= 0.6 is 11.6 Å². The molecule has 2 aromatic heterocycles. The van der Waals surface area contributed by atoms with Crippen molar-refractivity contribution in [1.82, 2.24) is 30.3 Å². The molecule has 0 saturated heterocycles. The lowest BCUT2D eigenvalue weighted by molar-refractivity contribution is -0.115. The molecule has 0 fully saturated rings. The molecule has 2 heterocycles. The van der Waals surface area contributed by atoms with Crippen LogP contribution in [0.1, 0.15) is 5.56 Å². The first-order valence-electron chi connectivity index (χ1n) is 11.8. The minimum Gasteiger partial charge on any atom is -0.487 e. The fraction of sp³-hybridized carbons (Fsp3) is 0.107. The summed E-state index contributed by atoms with van der Waals surface area (Å²) in [5.74, 6) is 2.26. The number of anilines is 2. The first-order chi connectivity index (χ1) is 19.0. The van der Waals surface area contributed by atoms with Gasteiger partial charge in [0.25, 0.3) is 5.91 Å². The minimum absolute atomic E-state index is 0.188. The number of carbonyl (C=O) groups is 1. The number of hydrogen-bond donors (Lipinski definition) is 2. The summed E-state index contributed by atoms with van der Waals surface area (Å²) in [6.45, 7) is 0.947. The number of amides is 1. The second-order valence-electron chi connectivity index (χ2n) is 8.41. The zero-order valence-electron chi connectivity index (χ0n) is 20.4. The average molecular weight is 542 g/mol. The van der Waals surface area contributed by atoms with Crippen molar-refractivity contribution in [3.05, 3.63) is 89.6 Å². The second kappa shape index (κ2) is 11.6. The topological polar surface area (TPSA) is 107 Å². The van der Waals surface area contributed by atoms with E-state index in [1.807, 2.05) is 30.2 Å². The molecule has 11 heteroatoms. The fourth-order valence-corrected chi connectivity index (χ4v) is 4.05. The van der Waals surface area contributed by atoms with Gasteiger partial charge in [0.15, 0.2) is 0 Å². The molecule has 5 aromatic rings. The summed E-state index contributed by atoms with van der Waals surface area (Å²) in [5, 5.41) is 15.4. The smallest absolute Gasteiger partial charge is 0.295 e. The molecule has 194 valence electrons. The Morgan fingerprint density at radius 3 is 2.85 bits per heavy atom. The van der Waals surface area contributed by atoms with Crippen LogP contribution in [0, 0.1) is 18.2 Å². The van der Waals surface area contributed by atoms with E-state index in [2.05, 4.69) is 30.9 Å². The molecule has 0 aliphatic carbocycles. The maximum absolute atomic E-state index is 13.4. The van der Waals surface area contributed by atoms with E-state index in [4.69, 9.17) is 22.8 Å². The molecule has 0 aliphatic rings. The largest absolute Gasteiger partial charge is 0.487 e. The number of fused-ring (bicyclic) bond motifs is 1. The number of nitrogens with zero attached hydrogens (tertiary/aromatic N) is 5. The summed E-state index contributed by atoms with van der Waals surface area (Å²) in [4.78, 5) is 20.0. The number of halogens is 2. The summed E-state index contributed by atoms with van der Waals surface area (Å²) in [7, 11) is 0. The van der Waals surface area contributed by atoms with E-state index in [0.717, 1.165) is 16.5 Å². The van der Waals surface area contributed by atoms with E-state index in [0.29, 0.717) is 46.6 Å². The van der Waals surface area contributed by atoms with Crippen molar-refractivity contribution in [3.63, 3.8) is 0 Å². The van der Waals surface area contributed by atoms with Crippen molar-refractivity contribution in [3.8, 4) is 29.4 Å². The fourth-order valence-electron chi connectivity index (χ4n) is 3.81. The Morgan fingerprint density at radius 1 is 1.13 bits per heavy atom. The van der Waals surface area contributed by atoms with Crippen LogP contribution in [0.15, 0.2) is 73.2 Å². The molecule has 9 nitrogen and oxygen atoms in total. The number of aromatic nitrogens is 5. The van der Waals surface area contributed by atoms with E-state index in [9.17, 15) is 9.18 Å². The standard InChI is InChI=1S/C28H21ClFN7O2/c1-2-27(38)31-10-11-37-15-25(35-36-37)19-6-8-24-22(13-19)28(33-17-32-24)34-21-7-9-26(23(29)14-21)39-16-18-4-3-5-20(30)12-18/h1,3-9,12-15,17H,10-11,16H2,(H,31,38)(H,32,33,34). The van der Waals surface area contributed by atoms with Gasteiger partial charge < -0.3 is 15.4 Å². The molecule has 2 N–H and O–H groups in total. The Hall–Kier alpha value is -5.01. The van der Waals surface area contributed by atoms with Gasteiger partial charge in [0.05, 0.1) is 23.3 Å². The Labute approximate surface area is 228 Å². The third-order valence-corrected chi connectivity index (χ3v) is 6.00. The van der Waals surface area contributed by atoms with Gasteiger partial charge in [0.2, 0.25) is 0 Å². The number of ether oxygens (including phenoxy) is 1. The zero-order chi connectivity index (χ0) is 27.2. The second-order valence-corrected chi connectivity index (χ2v) is 8.82. The maximum atomic E-state index is 13.4. The maximum Gasteiger partial charge on any atom is 0.295 e. The van der Waals surface area contributed by atoms with Crippen LogP contribution in [0.25, 0.3) is 22.2 Å². The van der Waals surface area contributed by atoms with Crippen molar-refractivity contribution in [2.24, 2.45) is 0 Å². The molecule has 0 unspecified atom stereocenters. The highest BCUT2D eigenvalue weighted by Crippen LogP contribution is 2.32. The van der Waals surface area contributed by atoms with Crippen molar-refractivity contribution in [2.45, 2.75) is 13.2 Å². The number of nitrogens with one attached hydrogen (secondary N) is 2. The summed E-state index contributed by atoms with van der Waals surface area (Å²) >= 11 is 6.46. The van der Waals surface area contributed by atoms with Gasteiger partial charge in [-0.1, -0.05) is 35.0 Å². The Bertz CT molecular complexity index is 1700. The molecule has 3 aromatic carbocycles. The van der Waals surface area contributed by atoms with Crippen LogP contribution in [0.5, 0.6) is 5.75 Å². The van der Waals surface area contributed by atoms with E-state index >= 15 is 0 Å². The molecule has 0 saturated carbocycles. The highest BCUT2D eigenvalue weighted by molar-refractivity contribution is 6.32. The number of rotatable bonds is 9. The van der Waals surface area contributed by atoms with Gasteiger partial charge in [0.1, 0.15) is 36.0 Å². The molecular weight excluding hydrogens is 521 g/mol. The lowest BCUT2D eigenvalue weighted by Crippen LogP contribution is -2.25. The van der Waals surface area contributed by atoms with E-state index in [1.165, 1.54) is 18.5 Å². The van der Waals surface area contributed by atoms with Crippen molar-refractivity contribution < 1.29 is 13.9 Å². The van der Waals surface area contributed by atoms with E-state index in [-0.39, 0.29) is 12.4 Å². The number of terminal acetylenes is 1. The summed E-state index contributed by atoms with van der Waals surface area (Å²) in [6.07, 6.45) is 8.31. The number of carbonyl (C=O) groups excluding carboxylic acids is 1. The number of hydrogen-bond acceptors (Lipinski definition) is 7. The van der Waals surface area contributed by atoms with Crippen molar-refractivity contribution >= 4 is 39.9 Å². The lowest BCUT2D eigenvalue weighted by atomic mass is 10.1. The molecular formula is C28H21ClFN7O2. The molecule has 0 spiro atoms. The van der Waals surface area contributed by atoms with E-state index < -0.39 is 5.91 Å². The van der Waals surface area contributed by atoms with Crippen LogP contribution in [0.2, 0.25) is 5.02 Å². The Balaban J connectivity index is 1.31. The highest BCUT2D eigenvalue weighted by atomic mass is 35.5. The monoisotopic (exact) mass is 541 g/mol. The minimum atomic E-state index is -0.475. The highest BCUT2D eigenvalue weighted by Gasteiger charge is 2.11. The van der Waals surface area contributed by atoms with Crippen LogP contribution in [0.4, 0.5) is 15.9 Å². The van der Waals surface area contributed by atoms with Crippen LogP contribution in [0.3, 0.4) is 0 Å². The summed E-state index contributed by atoms with van der Waals surface area (Å²) < 4.78 is 20.8. The average Bonchev–Trinajstić information content (AvgIpc) is 3.41. The molecule has 5 rings (SSSR count). The lowest BCUT2D eigenvalue weighted by Gasteiger charge is -2.12. The van der Waals surface area contributed by atoms with Gasteiger partial charge in [-0.2, -0.15) is 0 Å². The number of benzene rings is 3. The normalized spacial score (nSPS) is 10.7. The van der Waals surface area contributed by atoms with Gasteiger partial charge >= 0.3 is 0 Å². The predicted molar refractivity (Wildman–Crippen MR) is 146 cm³/mol. The van der Waals surface area contributed by atoms with Crippen LogP contribution in [-0.2, 0) is 17.9 Å². The first-order valence-corrected chi connectivity index (χ1v) is 12.2. The molecule has 1 amide bonds. The molecule has 0 atom stereocenters. The van der Waals surface area contributed by atoms with Crippen LogP contribution < -0.4 is 15.4 Å².